The van der Waals surface area contributed by atoms with E-state index in [0.717, 1.165) is 26.1 Å². The number of aliphatic carboxylic acids is 1. The fourth-order valence-corrected chi connectivity index (χ4v) is 2.50. The molecule has 0 aromatic rings. The maximum absolute atomic E-state index is 12.5. The molecule has 2 aliphatic rings. The van der Waals surface area contributed by atoms with E-state index in [1.807, 2.05) is 0 Å². The highest BCUT2D eigenvalue weighted by atomic mass is 16.5. The molecule has 2 saturated heterocycles. The minimum Gasteiger partial charge on any atom is -0.481 e. The number of ether oxygens (including phenoxy) is 1. The topological polar surface area (TPSA) is 82.1 Å². The number of amides is 2. The second-order valence-corrected chi connectivity index (χ2v) is 4.89. The minimum atomic E-state index is -0.897. The Bertz CT molecular complexity index is 329. The molecule has 2 fully saturated rings. The third-order valence-corrected chi connectivity index (χ3v) is 3.49. The number of hydrogen-bond acceptors (Lipinski definition) is 4. The van der Waals surface area contributed by atoms with Crippen LogP contribution in [0, 0.1) is 0 Å². The summed E-state index contributed by atoms with van der Waals surface area (Å²) in [6, 6.07) is -0.409. The van der Waals surface area contributed by atoms with Crippen LogP contribution in [0.4, 0.5) is 4.79 Å². The summed E-state index contributed by atoms with van der Waals surface area (Å²) in [5, 5.41) is 12.2. The highest BCUT2D eigenvalue weighted by molar-refractivity contribution is 5.76. The second kappa shape index (κ2) is 6.72. The van der Waals surface area contributed by atoms with E-state index < -0.39 is 5.97 Å². The van der Waals surface area contributed by atoms with Gasteiger partial charge in [-0.3, -0.25) is 4.79 Å². The van der Waals surface area contributed by atoms with Crippen molar-refractivity contribution in [2.24, 2.45) is 0 Å². The molecule has 2 rings (SSSR count). The molecule has 1 atom stereocenters. The third-order valence-electron chi connectivity index (χ3n) is 3.49. The first-order valence-electron chi connectivity index (χ1n) is 6.74. The maximum Gasteiger partial charge on any atom is 0.320 e. The van der Waals surface area contributed by atoms with Crippen LogP contribution in [0.5, 0.6) is 0 Å². The Balaban J connectivity index is 1.99. The normalized spacial score (nSPS) is 24.9. The van der Waals surface area contributed by atoms with Crippen LogP contribution in [0.15, 0.2) is 0 Å². The predicted octanol–water partition coefficient (Wildman–Crippen LogP) is -0.423. The number of urea groups is 1. The minimum absolute atomic E-state index is 0.0572. The van der Waals surface area contributed by atoms with E-state index >= 15 is 0 Å². The molecule has 7 heteroatoms. The van der Waals surface area contributed by atoms with Crippen molar-refractivity contribution in [3.8, 4) is 0 Å². The second-order valence-electron chi connectivity index (χ2n) is 4.89. The number of carbonyl (C=O) groups is 2. The van der Waals surface area contributed by atoms with Crippen molar-refractivity contribution in [1.82, 2.24) is 15.1 Å². The Morgan fingerprint density at radius 2 is 2.11 bits per heavy atom. The Morgan fingerprint density at radius 1 is 1.26 bits per heavy atom. The first kappa shape index (κ1) is 14.1. The Labute approximate surface area is 112 Å². The van der Waals surface area contributed by atoms with E-state index in [1.165, 1.54) is 0 Å². The van der Waals surface area contributed by atoms with Gasteiger partial charge in [-0.25, -0.2) is 4.79 Å². The van der Waals surface area contributed by atoms with Crippen molar-refractivity contribution >= 4 is 12.0 Å². The van der Waals surface area contributed by atoms with Crippen LogP contribution in [0.25, 0.3) is 0 Å². The number of carbonyl (C=O) groups excluding carboxylic acids is 1. The number of morpholine rings is 1. The summed E-state index contributed by atoms with van der Waals surface area (Å²) in [7, 11) is 0. The van der Waals surface area contributed by atoms with Crippen molar-refractivity contribution in [3.05, 3.63) is 0 Å². The van der Waals surface area contributed by atoms with Crippen LogP contribution in [-0.2, 0) is 9.53 Å². The first-order chi connectivity index (χ1) is 9.18. The molecule has 2 aliphatic heterocycles. The van der Waals surface area contributed by atoms with Crippen molar-refractivity contribution in [2.75, 3.05) is 45.9 Å². The molecule has 1 unspecified atom stereocenters. The third kappa shape index (κ3) is 3.81. The first-order valence-corrected chi connectivity index (χ1v) is 6.74. The van der Waals surface area contributed by atoms with Crippen LogP contribution in [0.1, 0.15) is 12.8 Å². The standard InChI is InChI=1S/C12H21N3O4/c16-11(17)8-10-9-19-7-6-15(10)12(18)14-4-1-2-13-3-5-14/h10,13H,1-9H2,(H,16,17). The van der Waals surface area contributed by atoms with Gasteiger partial charge in [0.2, 0.25) is 0 Å². The van der Waals surface area contributed by atoms with Crippen LogP contribution in [-0.4, -0.2) is 78.9 Å². The zero-order chi connectivity index (χ0) is 13.7. The molecule has 0 aromatic heterocycles. The van der Waals surface area contributed by atoms with E-state index in [9.17, 15) is 9.59 Å². The van der Waals surface area contributed by atoms with E-state index in [1.54, 1.807) is 9.80 Å². The SMILES string of the molecule is O=C(O)CC1COCCN1C(=O)N1CCCNCC1. The Kier molecular flexibility index (Phi) is 4.98. The summed E-state index contributed by atoms with van der Waals surface area (Å²) < 4.78 is 5.29. The molecule has 2 heterocycles. The lowest BCUT2D eigenvalue weighted by Gasteiger charge is -2.38. The molecule has 0 saturated carbocycles. The number of carboxylic acid groups (broad SMARTS) is 1. The zero-order valence-electron chi connectivity index (χ0n) is 11.0. The van der Waals surface area contributed by atoms with E-state index in [-0.39, 0.29) is 18.5 Å². The molecule has 108 valence electrons. The van der Waals surface area contributed by atoms with Gasteiger partial charge in [0.15, 0.2) is 0 Å². The fourth-order valence-electron chi connectivity index (χ4n) is 2.50. The molecule has 2 N–H and O–H groups in total. The highest BCUT2D eigenvalue weighted by Gasteiger charge is 2.32. The molecule has 2 amide bonds. The number of hydrogen-bond donors (Lipinski definition) is 2. The Morgan fingerprint density at radius 3 is 2.89 bits per heavy atom. The largest absolute Gasteiger partial charge is 0.481 e. The molecule has 0 spiro atoms. The van der Waals surface area contributed by atoms with Gasteiger partial charge in [0, 0.05) is 26.2 Å². The molecule has 19 heavy (non-hydrogen) atoms. The molecule has 0 aromatic carbocycles. The van der Waals surface area contributed by atoms with Crippen molar-refractivity contribution in [2.45, 2.75) is 18.9 Å². The van der Waals surface area contributed by atoms with Crippen molar-refractivity contribution in [1.29, 1.82) is 0 Å². The predicted molar refractivity (Wildman–Crippen MR) is 68.0 cm³/mol. The van der Waals surface area contributed by atoms with Gasteiger partial charge >= 0.3 is 12.0 Å². The summed E-state index contributed by atoms with van der Waals surface area (Å²) in [5.41, 5.74) is 0. The average molecular weight is 271 g/mol. The van der Waals surface area contributed by atoms with Gasteiger partial charge in [-0.05, 0) is 13.0 Å². The fraction of sp³-hybridized carbons (Fsp3) is 0.833. The zero-order valence-corrected chi connectivity index (χ0v) is 11.0. The van der Waals surface area contributed by atoms with Gasteiger partial charge < -0.3 is 25.0 Å². The average Bonchev–Trinajstić information content (AvgIpc) is 2.67. The molecular formula is C12H21N3O4. The van der Waals surface area contributed by atoms with E-state index in [0.29, 0.717) is 26.3 Å². The summed E-state index contributed by atoms with van der Waals surface area (Å²) in [5.74, 6) is -0.897. The molecule has 7 nitrogen and oxygen atoms in total. The van der Waals surface area contributed by atoms with Gasteiger partial charge in [0.1, 0.15) is 0 Å². The molecule has 0 radical (unpaired) electrons. The number of nitrogens with one attached hydrogen (secondary N) is 1. The van der Waals surface area contributed by atoms with Gasteiger partial charge in [-0.15, -0.1) is 0 Å². The summed E-state index contributed by atoms with van der Waals surface area (Å²) in [6.45, 7) is 4.38. The molecule has 0 bridgehead atoms. The molecule has 0 aliphatic carbocycles. The van der Waals surface area contributed by atoms with E-state index in [4.69, 9.17) is 9.84 Å². The lowest BCUT2D eigenvalue weighted by Crippen LogP contribution is -2.54. The summed E-state index contributed by atoms with van der Waals surface area (Å²) in [4.78, 5) is 26.8. The highest BCUT2D eigenvalue weighted by Crippen LogP contribution is 2.14. The van der Waals surface area contributed by atoms with Gasteiger partial charge in [0.05, 0.1) is 25.7 Å². The van der Waals surface area contributed by atoms with Crippen LogP contribution < -0.4 is 5.32 Å². The molecular weight excluding hydrogens is 250 g/mol. The lowest BCUT2D eigenvalue weighted by atomic mass is 10.1. The smallest absolute Gasteiger partial charge is 0.320 e. The summed E-state index contributed by atoms with van der Waals surface area (Å²) in [6.07, 6.45) is 0.873. The van der Waals surface area contributed by atoms with Gasteiger partial charge in [-0.2, -0.15) is 0 Å². The van der Waals surface area contributed by atoms with E-state index in [2.05, 4.69) is 5.32 Å². The van der Waals surface area contributed by atoms with Crippen molar-refractivity contribution in [3.63, 3.8) is 0 Å². The maximum atomic E-state index is 12.5. The van der Waals surface area contributed by atoms with Crippen LogP contribution in [0.2, 0.25) is 0 Å². The van der Waals surface area contributed by atoms with Gasteiger partial charge in [-0.1, -0.05) is 0 Å². The quantitative estimate of drug-likeness (QED) is 0.712. The lowest BCUT2D eigenvalue weighted by molar-refractivity contribution is -0.139. The summed E-state index contributed by atoms with van der Waals surface area (Å²) >= 11 is 0. The van der Waals surface area contributed by atoms with Crippen molar-refractivity contribution < 1.29 is 19.4 Å². The van der Waals surface area contributed by atoms with Gasteiger partial charge in [0.25, 0.3) is 0 Å². The van der Waals surface area contributed by atoms with Crippen LogP contribution >= 0.6 is 0 Å². The number of nitrogens with zero attached hydrogens (tertiary/aromatic N) is 2. The number of rotatable bonds is 2. The Hall–Kier alpha value is -1.34. The number of carboxylic acids is 1. The monoisotopic (exact) mass is 271 g/mol. The van der Waals surface area contributed by atoms with Crippen LogP contribution in [0.3, 0.4) is 0 Å².